The SMILES string of the molecule is CC(C)(C)[C@H](c1cc(-c2cc(F)ccc2F)cn1Cc1ccccc1)N(C[C@@H]1CN(C(=O)OCC[Si](C)(C)C)C[C@@H]1F)C(=O)CSCCC(=O)NCCNC(=O)CN1C(=O)C=CC1=O. The summed E-state index contributed by atoms with van der Waals surface area (Å²) in [5, 5.41) is 5.25. The van der Waals surface area contributed by atoms with Crippen LogP contribution in [-0.4, -0.2) is 127 Å². The number of hydrogen-bond donors (Lipinski definition) is 2. The number of nitrogens with zero attached hydrogens (tertiary/aromatic N) is 4. The maximum Gasteiger partial charge on any atom is 0.409 e. The second-order valence-corrected chi connectivity index (χ2v) is 25.1. The van der Waals surface area contributed by atoms with Crippen LogP contribution >= 0.6 is 11.8 Å². The third-order valence-electron chi connectivity index (χ3n) is 10.9. The van der Waals surface area contributed by atoms with Crippen LogP contribution < -0.4 is 10.6 Å². The molecular formula is C46H59F3N6O7SSi. The summed E-state index contributed by atoms with van der Waals surface area (Å²) < 4.78 is 53.5. The lowest BCUT2D eigenvalue weighted by Crippen LogP contribution is -2.46. The summed E-state index contributed by atoms with van der Waals surface area (Å²) in [5.41, 5.74) is 1.28. The molecule has 2 aliphatic rings. The number of carbonyl (C=O) groups is 6. The summed E-state index contributed by atoms with van der Waals surface area (Å²) in [7, 11) is -1.50. The first-order valence-corrected chi connectivity index (χ1v) is 26.3. The van der Waals surface area contributed by atoms with Gasteiger partial charge in [0.25, 0.3) is 11.8 Å². The van der Waals surface area contributed by atoms with E-state index in [0.717, 1.165) is 46.9 Å². The molecule has 3 heterocycles. The second kappa shape index (κ2) is 22.0. The predicted octanol–water partition coefficient (Wildman–Crippen LogP) is 6.42. The number of amides is 6. The molecule has 64 heavy (non-hydrogen) atoms. The van der Waals surface area contributed by atoms with Crippen molar-refractivity contribution in [1.82, 2.24) is 29.9 Å². The van der Waals surface area contributed by atoms with Gasteiger partial charge in [-0.25, -0.2) is 18.0 Å². The molecule has 3 atom stereocenters. The molecule has 0 unspecified atom stereocenters. The molecule has 2 aromatic carbocycles. The van der Waals surface area contributed by atoms with Gasteiger partial charge in [-0.2, -0.15) is 11.8 Å². The van der Waals surface area contributed by atoms with Gasteiger partial charge in [-0.15, -0.1) is 0 Å². The van der Waals surface area contributed by atoms with Gasteiger partial charge in [0.15, 0.2) is 0 Å². The maximum absolute atomic E-state index is 16.1. The Morgan fingerprint density at radius 2 is 1.61 bits per heavy atom. The largest absolute Gasteiger partial charge is 0.450 e. The fraction of sp³-hybridized carbons (Fsp3) is 0.478. The lowest BCUT2D eigenvalue weighted by Gasteiger charge is -2.42. The molecule has 0 saturated carbocycles. The third kappa shape index (κ3) is 14.1. The van der Waals surface area contributed by atoms with E-state index in [1.54, 1.807) is 17.2 Å². The molecule has 346 valence electrons. The number of benzene rings is 2. The van der Waals surface area contributed by atoms with Crippen LogP contribution in [0.25, 0.3) is 11.1 Å². The summed E-state index contributed by atoms with van der Waals surface area (Å²) in [6.45, 7) is 12.4. The molecule has 0 aliphatic carbocycles. The summed E-state index contributed by atoms with van der Waals surface area (Å²) >= 11 is 1.22. The Morgan fingerprint density at radius 3 is 2.27 bits per heavy atom. The van der Waals surface area contributed by atoms with Crippen LogP contribution in [0.5, 0.6) is 0 Å². The van der Waals surface area contributed by atoms with E-state index in [9.17, 15) is 33.2 Å². The Hall–Kier alpha value is -5.36. The number of carbonyl (C=O) groups excluding carboxylic acids is 6. The Labute approximate surface area is 378 Å². The van der Waals surface area contributed by atoms with Crippen molar-refractivity contribution in [2.24, 2.45) is 11.3 Å². The van der Waals surface area contributed by atoms with E-state index in [2.05, 4.69) is 30.3 Å². The van der Waals surface area contributed by atoms with Crippen molar-refractivity contribution >= 4 is 55.5 Å². The number of aromatic nitrogens is 1. The number of nitrogens with one attached hydrogen (secondary N) is 2. The summed E-state index contributed by atoms with van der Waals surface area (Å²) in [4.78, 5) is 79.9. The molecule has 0 spiro atoms. The molecule has 6 amide bonds. The standard InChI is InChI=1S/C46H59F3N6O7SSi/c1-46(2,3)44(38-22-32(35-23-34(47)12-13-36(35)48)25-52(38)24-31-10-8-7-9-11-31)55(27-33-26-53(28-37(33)49)45(61)62-19-21-64(4,5)6)43(60)30-63-20-16-39(56)50-17-18-51-40(57)29-54-41(58)14-15-42(54)59/h7-15,22-23,25,33,37,44H,16-21,24,26-30H2,1-6H3,(H,50,56)(H,51,57)/t33-,37-,44-/m0/s1. The van der Waals surface area contributed by atoms with Crippen molar-refractivity contribution in [3.05, 3.63) is 95.8 Å². The van der Waals surface area contributed by atoms with Gasteiger partial charge in [-0.1, -0.05) is 70.7 Å². The van der Waals surface area contributed by atoms with Crippen molar-refractivity contribution in [3.63, 3.8) is 0 Å². The minimum atomic E-state index is -1.50. The Kier molecular flexibility index (Phi) is 17.1. The number of alkyl halides is 1. The zero-order valence-corrected chi connectivity index (χ0v) is 39.2. The van der Waals surface area contributed by atoms with Crippen molar-refractivity contribution in [2.45, 2.75) is 71.6 Å². The van der Waals surface area contributed by atoms with Crippen molar-refractivity contribution in [3.8, 4) is 11.1 Å². The van der Waals surface area contributed by atoms with Crippen LogP contribution in [0.1, 0.15) is 44.5 Å². The molecule has 0 radical (unpaired) electrons. The molecule has 18 heteroatoms. The van der Waals surface area contributed by atoms with E-state index < -0.39 is 73.6 Å². The normalized spacial score (nSPS) is 16.9. The predicted molar refractivity (Wildman–Crippen MR) is 243 cm³/mol. The van der Waals surface area contributed by atoms with Gasteiger partial charge in [-0.3, -0.25) is 28.9 Å². The molecule has 3 aromatic rings. The fourth-order valence-electron chi connectivity index (χ4n) is 7.59. The average Bonchev–Trinajstić information content (AvgIpc) is 3.90. The van der Waals surface area contributed by atoms with Crippen LogP contribution in [0.15, 0.2) is 72.9 Å². The van der Waals surface area contributed by atoms with Crippen LogP contribution in [0.4, 0.5) is 18.0 Å². The molecule has 1 fully saturated rings. The zero-order chi connectivity index (χ0) is 46.8. The summed E-state index contributed by atoms with van der Waals surface area (Å²) in [6.07, 6.45) is 1.89. The van der Waals surface area contributed by atoms with Gasteiger partial charge < -0.3 is 29.7 Å². The van der Waals surface area contributed by atoms with Gasteiger partial charge in [0.2, 0.25) is 17.7 Å². The lowest BCUT2D eigenvalue weighted by molar-refractivity contribution is -0.141. The highest BCUT2D eigenvalue weighted by molar-refractivity contribution is 7.99. The van der Waals surface area contributed by atoms with Crippen LogP contribution in [0.2, 0.25) is 25.7 Å². The topological polar surface area (TPSA) is 150 Å². The summed E-state index contributed by atoms with van der Waals surface area (Å²) in [5.74, 6) is -4.20. The van der Waals surface area contributed by atoms with E-state index in [0.29, 0.717) is 17.8 Å². The first kappa shape index (κ1) is 49.6. The van der Waals surface area contributed by atoms with Crippen molar-refractivity contribution in [1.29, 1.82) is 0 Å². The van der Waals surface area contributed by atoms with E-state index >= 15 is 8.78 Å². The lowest BCUT2D eigenvalue weighted by atomic mass is 9.82. The van der Waals surface area contributed by atoms with Gasteiger partial charge in [-0.05, 0) is 41.3 Å². The highest BCUT2D eigenvalue weighted by Crippen LogP contribution is 2.42. The number of rotatable bonds is 20. The highest BCUT2D eigenvalue weighted by atomic mass is 32.2. The Balaban J connectivity index is 1.34. The Bertz CT molecular complexity index is 2180. The van der Waals surface area contributed by atoms with Crippen molar-refractivity contribution in [2.75, 3.05) is 57.4 Å². The van der Waals surface area contributed by atoms with Gasteiger partial charge in [0.05, 0.1) is 24.9 Å². The molecule has 5 rings (SSSR count). The first-order valence-electron chi connectivity index (χ1n) is 21.4. The summed E-state index contributed by atoms with van der Waals surface area (Å²) in [6, 6.07) is 14.6. The van der Waals surface area contributed by atoms with Crippen LogP contribution in [0.3, 0.4) is 0 Å². The monoisotopic (exact) mass is 924 g/mol. The number of thioether (sulfide) groups is 1. The number of likely N-dealkylation sites (tertiary alicyclic amines) is 1. The molecule has 0 bridgehead atoms. The number of ether oxygens (including phenoxy) is 1. The Morgan fingerprint density at radius 1 is 0.938 bits per heavy atom. The van der Waals surface area contributed by atoms with Crippen molar-refractivity contribution < 1.29 is 46.7 Å². The minimum absolute atomic E-state index is 0.0256. The van der Waals surface area contributed by atoms with E-state index in [1.165, 1.54) is 16.7 Å². The van der Waals surface area contributed by atoms with Crippen LogP contribution in [-0.2, 0) is 35.3 Å². The molecule has 2 N–H and O–H groups in total. The zero-order valence-electron chi connectivity index (χ0n) is 37.3. The molecule has 13 nitrogen and oxygen atoms in total. The quantitative estimate of drug-likeness (QED) is 0.0750. The first-order chi connectivity index (χ1) is 30.2. The maximum atomic E-state index is 16.1. The van der Waals surface area contributed by atoms with Gasteiger partial charge >= 0.3 is 6.09 Å². The molecular weight excluding hydrogens is 866 g/mol. The highest BCUT2D eigenvalue weighted by Gasteiger charge is 2.43. The molecule has 1 aromatic heterocycles. The third-order valence-corrected chi connectivity index (χ3v) is 13.5. The fourth-order valence-corrected chi connectivity index (χ4v) is 9.12. The number of hydrogen-bond acceptors (Lipinski definition) is 8. The van der Waals surface area contributed by atoms with E-state index in [1.807, 2.05) is 55.7 Å². The number of halogens is 3. The minimum Gasteiger partial charge on any atom is -0.450 e. The molecule has 1 saturated heterocycles. The number of imide groups is 1. The van der Waals surface area contributed by atoms with Gasteiger partial charge in [0.1, 0.15) is 24.4 Å². The molecule has 2 aliphatic heterocycles. The van der Waals surface area contributed by atoms with Crippen LogP contribution in [0, 0.1) is 23.0 Å². The smallest absolute Gasteiger partial charge is 0.409 e. The second-order valence-electron chi connectivity index (χ2n) is 18.4. The van der Waals surface area contributed by atoms with Gasteiger partial charge in [0, 0.05) is 94.1 Å². The average molecular weight is 925 g/mol. The van der Waals surface area contributed by atoms with E-state index in [-0.39, 0.29) is 74.6 Å². The van der Waals surface area contributed by atoms with E-state index in [4.69, 9.17) is 4.74 Å².